The third kappa shape index (κ3) is 3.07. The first-order chi connectivity index (χ1) is 11.3. The van der Waals surface area contributed by atoms with Gasteiger partial charge in [-0.05, 0) is 26.0 Å². The zero-order valence-electron chi connectivity index (χ0n) is 13.3. The van der Waals surface area contributed by atoms with Crippen molar-refractivity contribution < 1.29 is 9.53 Å². The third-order valence-corrected chi connectivity index (χ3v) is 3.95. The Labute approximate surface area is 149 Å². The van der Waals surface area contributed by atoms with Crippen LogP contribution in [0, 0.1) is 0 Å². The lowest BCUT2D eigenvalue weighted by molar-refractivity contribution is 0.150. The average Bonchev–Trinajstić information content (AvgIpc) is 2.77. The van der Waals surface area contributed by atoms with Gasteiger partial charge in [-0.25, -0.2) is 9.48 Å². The molecule has 1 aromatic carbocycles. The Bertz CT molecular complexity index is 833. The molecule has 128 valence electrons. The maximum atomic E-state index is 12.9. The second kappa shape index (κ2) is 7.15. The van der Waals surface area contributed by atoms with E-state index in [-0.39, 0.29) is 39.6 Å². The molecule has 8 heteroatoms. The molecule has 2 aromatic rings. The van der Waals surface area contributed by atoms with E-state index in [1.807, 2.05) is 0 Å². The first-order valence-electron chi connectivity index (χ1n) is 7.16. The summed E-state index contributed by atoms with van der Waals surface area (Å²) in [4.78, 5) is 25.2. The van der Waals surface area contributed by atoms with Gasteiger partial charge in [0.15, 0.2) is 0 Å². The summed E-state index contributed by atoms with van der Waals surface area (Å²) in [6, 6.07) is 4.50. The fourth-order valence-corrected chi connectivity index (χ4v) is 2.94. The molecule has 0 spiro atoms. The molecule has 1 heterocycles. The van der Waals surface area contributed by atoms with Crippen molar-refractivity contribution in [3.8, 4) is 11.1 Å². The Morgan fingerprint density at radius 3 is 2.42 bits per heavy atom. The Hall–Kier alpha value is -2.18. The van der Waals surface area contributed by atoms with Crippen LogP contribution < -0.4 is 11.3 Å². The molecule has 0 fully saturated rings. The zero-order valence-corrected chi connectivity index (χ0v) is 14.8. The Kier molecular flexibility index (Phi) is 5.41. The summed E-state index contributed by atoms with van der Waals surface area (Å²) in [6.45, 7) is 6.96. The summed E-state index contributed by atoms with van der Waals surface area (Å²) < 4.78 is 7.21. The van der Waals surface area contributed by atoms with Crippen molar-refractivity contribution in [2.24, 2.45) is 0 Å². The number of carbonyl (C=O) groups excluding carboxylic acids is 1. The number of benzene rings is 1. The minimum atomic E-state index is -0.785. The van der Waals surface area contributed by atoms with E-state index in [9.17, 15) is 9.59 Å². The smallest absolute Gasteiger partial charge is 0.435 e. The number of carbonyl (C=O) groups is 1. The van der Waals surface area contributed by atoms with E-state index in [1.165, 1.54) is 10.8 Å². The molecule has 0 aliphatic heterocycles. The molecule has 0 amide bonds. The minimum absolute atomic E-state index is 0.00901. The fourth-order valence-electron chi connectivity index (χ4n) is 2.35. The van der Waals surface area contributed by atoms with E-state index in [1.54, 1.807) is 32.0 Å². The van der Waals surface area contributed by atoms with Crippen LogP contribution in [0.25, 0.3) is 11.1 Å². The maximum absolute atomic E-state index is 12.9. The monoisotopic (exact) mass is 369 g/mol. The summed E-state index contributed by atoms with van der Waals surface area (Å²) >= 11 is 12.4. The highest BCUT2D eigenvalue weighted by Gasteiger charge is 2.27. The zero-order chi connectivity index (χ0) is 18.0. The largest absolute Gasteiger partial charge is 0.444 e. The van der Waals surface area contributed by atoms with Gasteiger partial charge in [0.1, 0.15) is 12.4 Å². The van der Waals surface area contributed by atoms with Crippen molar-refractivity contribution in [1.82, 2.24) is 9.36 Å². The molecular weight excluding hydrogens is 353 g/mol. The van der Waals surface area contributed by atoms with Crippen LogP contribution in [0.3, 0.4) is 0 Å². The van der Waals surface area contributed by atoms with Gasteiger partial charge in [-0.3, -0.25) is 4.79 Å². The van der Waals surface area contributed by atoms with Gasteiger partial charge in [-0.2, -0.15) is 4.68 Å². The number of hydrogen-bond donors (Lipinski definition) is 1. The molecule has 0 atom stereocenters. The normalized spacial score (nSPS) is 10.9. The summed E-state index contributed by atoms with van der Waals surface area (Å²) in [5.74, 6) is -0.0854. The lowest BCUT2D eigenvalue weighted by Crippen LogP contribution is -2.30. The molecule has 1 aromatic heterocycles. The van der Waals surface area contributed by atoms with Crippen LogP contribution in [-0.4, -0.2) is 22.1 Å². The molecule has 6 nitrogen and oxygen atoms in total. The third-order valence-electron chi connectivity index (χ3n) is 3.32. The van der Waals surface area contributed by atoms with E-state index in [0.29, 0.717) is 0 Å². The number of nitrogens with two attached hydrogens (primary N) is 1. The second-order valence-electron chi connectivity index (χ2n) is 5.28. The molecule has 0 radical (unpaired) electrons. The van der Waals surface area contributed by atoms with Gasteiger partial charge in [0.2, 0.25) is 0 Å². The van der Waals surface area contributed by atoms with Crippen molar-refractivity contribution in [2.75, 3.05) is 12.3 Å². The van der Waals surface area contributed by atoms with Crippen molar-refractivity contribution in [3.05, 3.63) is 51.3 Å². The first-order valence-corrected chi connectivity index (χ1v) is 7.92. The van der Waals surface area contributed by atoms with Crippen LogP contribution in [0.1, 0.15) is 19.9 Å². The molecule has 2 rings (SSSR count). The van der Waals surface area contributed by atoms with Gasteiger partial charge < -0.3 is 10.5 Å². The van der Waals surface area contributed by atoms with E-state index >= 15 is 0 Å². The average molecular weight is 370 g/mol. The lowest BCUT2D eigenvalue weighted by Gasteiger charge is -2.13. The highest BCUT2D eigenvalue weighted by molar-refractivity contribution is 6.39. The first kappa shape index (κ1) is 18.2. The summed E-state index contributed by atoms with van der Waals surface area (Å²) in [7, 11) is 0. The highest BCUT2D eigenvalue weighted by atomic mass is 35.5. The minimum Gasteiger partial charge on any atom is -0.444 e. The molecule has 0 aliphatic rings. The molecule has 0 saturated carbocycles. The number of nitrogen functional groups attached to an aromatic ring is 1. The van der Waals surface area contributed by atoms with Crippen LogP contribution in [0.4, 0.5) is 10.6 Å². The molecular formula is C16H17Cl2N3O3. The van der Waals surface area contributed by atoms with Gasteiger partial charge in [0.25, 0.3) is 5.56 Å². The number of nitrogens with zero attached hydrogens (tertiary/aromatic N) is 2. The summed E-state index contributed by atoms with van der Waals surface area (Å²) in [5.41, 5.74) is 5.95. The fraction of sp³-hybridized carbons (Fsp3) is 0.250. The van der Waals surface area contributed by atoms with Crippen LogP contribution in [0.15, 0.2) is 35.6 Å². The SMILES string of the molecule is C=CCOC(=O)n1c(N)c(-c2c(Cl)cccc2Cl)c(=O)n1C(C)C. The molecule has 0 unspecified atom stereocenters. The number of ether oxygens (including phenoxy) is 1. The number of aromatic nitrogens is 2. The van der Waals surface area contributed by atoms with E-state index in [0.717, 1.165) is 4.68 Å². The summed E-state index contributed by atoms with van der Waals surface area (Å²) in [5, 5.41) is 0.526. The highest BCUT2D eigenvalue weighted by Crippen LogP contribution is 2.36. The second-order valence-corrected chi connectivity index (χ2v) is 6.09. The maximum Gasteiger partial charge on any atom is 0.435 e. The van der Waals surface area contributed by atoms with Crippen molar-refractivity contribution in [2.45, 2.75) is 19.9 Å². The van der Waals surface area contributed by atoms with Crippen LogP contribution >= 0.6 is 23.2 Å². The van der Waals surface area contributed by atoms with Crippen LogP contribution in [0.5, 0.6) is 0 Å². The standard InChI is InChI=1S/C16H17Cl2N3O3/c1-4-8-24-16(23)21-14(19)13(15(22)20(21)9(2)3)12-10(17)6-5-7-11(12)18/h4-7,9H,1,8,19H2,2-3H3. The number of halogens is 2. The van der Waals surface area contributed by atoms with Crippen LogP contribution in [-0.2, 0) is 4.74 Å². The molecule has 0 aliphatic carbocycles. The van der Waals surface area contributed by atoms with Gasteiger partial charge in [-0.1, -0.05) is 41.9 Å². The molecule has 0 bridgehead atoms. The molecule has 0 saturated heterocycles. The Balaban J connectivity index is 2.78. The Morgan fingerprint density at radius 1 is 1.33 bits per heavy atom. The Morgan fingerprint density at radius 2 is 1.92 bits per heavy atom. The van der Waals surface area contributed by atoms with Gasteiger partial charge in [-0.15, -0.1) is 0 Å². The summed E-state index contributed by atoms with van der Waals surface area (Å²) in [6.07, 6.45) is 0.633. The van der Waals surface area contributed by atoms with Crippen molar-refractivity contribution in [1.29, 1.82) is 0 Å². The topological polar surface area (TPSA) is 79.2 Å². The van der Waals surface area contributed by atoms with Gasteiger partial charge in [0, 0.05) is 11.6 Å². The number of hydrogen-bond acceptors (Lipinski definition) is 4. The van der Waals surface area contributed by atoms with E-state index < -0.39 is 11.7 Å². The van der Waals surface area contributed by atoms with Crippen molar-refractivity contribution >= 4 is 35.1 Å². The quantitative estimate of drug-likeness (QED) is 0.827. The number of rotatable bonds is 4. The predicted molar refractivity (Wildman–Crippen MR) is 95.9 cm³/mol. The van der Waals surface area contributed by atoms with Gasteiger partial charge in [0.05, 0.1) is 15.6 Å². The molecule has 2 N–H and O–H groups in total. The molecule has 24 heavy (non-hydrogen) atoms. The van der Waals surface area contributed by atoms with Crippen LogP contribution in [0.2, 0.25) is 10.0 Å². The lowest BCUT2D eigenvalue weighted by atomic mass is 10.1. The van der Waals surface area contributed by atoms with E-state index in [4.69, 9.17) is 33.7 Å². The number of anilines is 1. The van der Waals surface area contributed by atoms with Crippen molar-refractivity contribution in [3.63, 3.8) is 0 Å². The predicted octanol–water partition coefficient (Wildman–Crippen LogP) is 3.96. The van der Waals surface area contributed by atoms with Gasteiger partial charge >= 0.3 is 6.09 Å². The van der Waals surface area contributed by atoms with E-state index in [2.05, 4.69) is 6.58 Å².